The van der Waals surface area contributed by atoms with Gasteiger partial charge in [0.2, 0.25) is 5.91 Å². The van der Waals surface area contributed by atoms with Gasteiger partial charge in [0.25, 0.3) is 0 Å². The van der Waals surface area contributed by atoms with Crippen LogP contribution >= 0.6 is 0 Å². The molecule has 0 aliphatic carbocycles. The van der Waals surface area contributed by atoms with Gasteiger partial charge in [0.1, 0.15) is 0 Å². The number of hydrogen-bond donors (Lipinski definition) is 1. The maximum absolute atomic E-state index is 11.4. The molecule has 2 nitrogen and oxygen atoms in total. The molecular weight excluding hydrogens is 198 g/mol. The molecule has 16 heavy (non-hydrogen) atoms. The van der Waals surface area contributed by atoms with E-state index in [1.165, 1.54) is 11.1 Å². The fraction of sp³-hybridized carbons (Fsp3) is 0.500. The summed E-state index contributed by atoms with van der Waals surface area (Å²) >= 11 is 0. The maximum atomic E-state index is 11.4. The van der Waals surface area contributed by atoms with E-state index in [-0.39, 0.29) is 5.91 Å². The second kappa shape index (κ2) is 6.31. The molecule has 0 atom stereocenters. The van der Waals surface area contributed by atoms with Crippen molar-refractivity contribution in [1.82, 2.24) is 0 Å². The molecule has 0 unspecified atom stereocenters. The van der Waals surface area contributed by atoms with Crippen LogP contribution in [-0.4, -0.2) is 5.91 Å². The van der Waals surface area contributed by atoms with Crippen molar-refractivity contribution >= 4 is 11.6 Å². The molecule has 88 valence electrons. The Kier molecular flexibility index (Phi) is 5.03. The van der Waals surface area contributed by atoms with Crippen LogP contribution in [0.2, 0.25) is 0 Å². The molecule has 0 heterocycles. The lowest BCUT2D eigenvalue weighted by atomic mass is 9.99. The largest absolute Gasteiger partial charge is 0.326 e. The van der Waals surface area contributed by atoms with Gasteiger partial charge in [-0.2, -0.15) is 0 Å². The summed E-state index contributed by atoms with van der Waals surface area (Å²) in [5, 5.41) is 2.98. The molecular formula is C14H21NO. The Balaban J connectivity index is 3.01. The van der Waals surface area contributed by atoms with E-state index in [1.807, 2.05) is 19.1 Å². The van der Waals surface area contributed by atoms with Crippen molar-refractivity contribution in [3.63, 3.8) is 0 Å². The molecule has 0 saturated carbocycles. The third kappa shape index (κ3) is 3.09. The summed E-state index contributed by atoms with van der Waals surface area (Å²) in [5.74, 6) is 0.0885. The molecule has 1 amide bonds. The summed E-state index contributed by atoms with van der Waals surface area (Å²) < 4.78 is 0. The predicted octanol–water partition coefficient (Wildman–Crippen LogP) is 3.55. The Morgan fingerprint density at radius 3 is 2.56 bits per heavy atom. The lowest BCUT2D eigenvalue weighted by Gasteiger charge is -2.14. The molecule has 1 N–H and O–H groups in total. The first-order valence-corrected chi connectivity index (χ1v) is 6.13. The van der Waals surface area contributed by atoms with E-state index in [1.54, 1.807) is 0 Å². The van der Waals surface area contributed by atoms with E-state index in [0.29, 0.717) is 6.42 Å². The molecule has 0 aliphatic rings. The molecule has 0 spiro atoms. The number of anilines is 1. The van der Waals surface area contributed by atoms with Gasteiger partial charge in [-0.25, -0.2) is 0 Å². The van der Waals surface area contributed by atoms with Crippen LogP contribution in [0.1, 0.15) is 44.7 Å². The van der Waals surface area contributed by atoms with Crippen molar-refractivity contribution in [2.45, 2.75) is 46.5 Å². The lowest BCUT2D eigenvalue weighted by Crippen LogP contribution is -2.12. The minimum Gasteiger partial charge on any atom is -0.326 e. The van der Waals surface area contributed by atoms with Gasteiger partial charge in [-0.15, -0.1) is 0 Å². The van der Waals surface area contributed by atoms with Gasteiger partial charge < -0.3 is 5.32 Å². The Morgan fingerprint density at radius 2 is 2.00 bits per heavy atom. The quantitative estimate of drug-likeness (QED) is 0.806. The Morgan fingerprint density at radius 1 is 1.25 bits per heavy atom. The Bertz CT molecular complexity index is 358. The zero-order valence-corrected chi connectivity index (χ0v) is 10.5. The van der Waals surface area contributed by atoms with Crippen LogP contribution in [0, 0.1) is 0 Å². The fourth-order valence-electron chi connectivity index (χ4n) is 1.87. The van der Waals surface area contributed by atoms with Crippen LogP contribution in [0.15, 0.2) is 18.2 Å². The first-order chi connectivity index (χ1) is 7.72. The van der Waals surface area contributed by atoms with Crippen LogP contribution in [0.25, 0.3) is 0 Å². The van der Waals surface area contributed by atoms with Crippen molar-refractivity contribution in [2.75, 3.05) is 5.32 Å². The second-order valence-corrected chi connectivity index (χ2v) is 3.95. The number of carbonyl (C=O) groups is 1. The monoisotopic (exact) mass is 219 g/mol. The normalized spacial score (nSPS) is 10.2. The highest BCUT2D eigenvalue weighted by Gasteiger charge is 2.08. The average Bonchev–Trinajstić information content (AvgIpc) is 2.31. The predicted molar refractivity (Wildman–Crippen MR) is 68.7 cm³/mol. The van der Waals surface area contributed by atoms with Gasteiger partial charge in [-0.05, 0) is 30.0 Å². The minimum atomic E-state index is 0.0885. The van der Waals surface area contributed by atoms with Gasteiger partial charge in [-0.3, -0.25) is 4.79 Å². The Hall–Kier alpha value is -1.31. The average molecular weight is 219 g/mol. The molecule has 1 rings (SSSR count). The number of aryl methyl sites for hydroxylation is 1. The van der Waals surface area contributed by atoms with Crippen molar-refractivity contribution in [3.8, 4) is 0 Å². The minimum absolute atomic E-state index is 0.0885. The summed E-state index contributed by atoms with van der Waals surface area (Å²) in [6, 6.07) is 6.16. The van der Waals surface area contributed by atoms with Crippen molar-refractivity contribution in [2.24, 2.45) is 0 Å². The van der Waals surface area contributed by atoms with Crippen LogP contribution < -0.4 is 5.32 Å². The zero-order valence-electron chi connectivity index (χ0n) is 10.5. The van der Waals surface area contributed by atoms with E-state index >= 15 is 0 Å². The summed E-state index contributed by atoms with van der Waals surface area (Å²) in [6.07, 6.45) is 3.68. The molecule has 0 radical (unpaired) electrons. The molecule has 0 saturated heterocycles. The van der Waals surface area contributed by atoms with Crippen molar-refractivity contribution in [3.05, 3.63) is 29.3 Å². The van der Waals surface area contributed by atoms with Crippen LogP contribution in [0.4, 0.5) is 5.69 Å². The van der Waals surface area contributed by atoms with E-state index < -0.39 is 0 Å². The van der Waals surface area contributed by atoms with E-state index in [9.17, 15) is 4.79 Å². The van der Waals surface area contributed by atoms with Crippen LogP contribution in [-0.2, 0) is 17.6 Å². The standard InChI is InChI=1S/C14H21NO/c1-4-8-12-11(5-2)9-7-10-13(12)15-14(16)6-3/h7,9-10H,4-6,8H2,1-3H3,(H,15,16). The van der Waals surface area contributed by atoms with E-state index in [2.05, 4.69) is 25.2 Å². The van der Waals surface area contributed by atoms with Crippen molar-refractivity contribution in [1.29, 1.82) is 0 Å². The molecule has 0 fully saturated rings. The number of carbonyl (C=O) groups excluding carboxylic acids is 1. The van der Waals surface area contributed by atoms with Gasteiger partial charge in [-0.1, -0.05) is 39.3 Å². The smallest absolute Gasteiger partial charge is 0.224 e. The number of amides is 1. The first kappa shape index (κ1) is 12.8. The molecule has 2 heteroatoms. The third-order valence-corrected chi connectivity index (χ3v) is 2.75. The first-order valence-electron chi connectivity index (χ1n) is 6.13. The molecule has 1 aromatic carbocycles. The lowest BCUT2D eigenvalue weighted by molar-refractivity contribution is -0.115. The van der Waals surface area contributed by atoms with Gasteiger partial charge in [0, 0.05) is 12.1 Å². The highest BCUT2D eigenvalue weighted by Crippen LogP contribution is 2.22. The third-order valence-electron chi connectivity index (χ3n) is 2.75. The van der Waals surface area contributed by atoms with Crippen molar-refractivity contribution < 1.29 is 4.79 Å². The highest BCUT2D eigenvalue weighted by molar-refractivity contribution is 5.91. The number of rotatable bonds is 5. The summed E-state index contributed by atoms with van der Waals surface area (Å²) in [4.78, 5) is 11.4. The second-order valence-electron chi connectivity index (χ2n) is 3.95. The molecule has 0 bridgehead atoms. The van der Waals surface area contributed by atoms with Gasteiger partial charge in [0.05, 0.1) is 0 Å². The summed E-state index contributed by atoms with van der Waals surface area (Å²) in [6.45, 7) is 6.19. The zero-order chi connectivity index (χ0) is 12.0. The Labute approximate surface area is 98.1 Å². The molecule has 1 aromatic rings. The fourth-order valence-corrected chi connectivity index (χ4v) is 1.87. The van der Waals surface area contributed by atoms with Gasteiger partial charge >= 0.3 is 0 Å². The van der Waals surface area contributed by atoms with Crippen LogP contribution in [0.5, 0.6) is 0 Å². The van der Waals surface area contributed by atoms with E-state index in [4.69, 9.17) is 0 Å². The highest BCUT2D eigenvalue weighted by atomic mass is 16.1. The summed E-state index contributed by atoms with van der Waals surface area (Å²) in [5.41, 5.74) is 3.64. The van der Waals surface area contributed by atoms with Crippen LogP contribution in [0.3, 0.4) is 0 Å². The number of nitrogens with one attached hydrogen (secondary N) is 1. The molecule has 0 aliphatic heterocycles. The SMILES string of the molecule is CCCc1c(CC)cccc1NC(=O)CC. The van der Waals surface area contributed by atoms with Gasteiger partial charge in [0.15, 0.2) is 0 Å². The number of hydrogen-bond acceptors (Lipinski definition) is 1. The maximum Gasteiger partial charge on any atom is 0.224 e. The molecule has 0 aromatic heterocycles. The topological polar surface area (TPSA) is 29.1 Å². The number of benzene rings is 1. The van der Waals surface area contributed by atoms with E-state index in [0.717, 1.165) is 24.9 Å². The summed E-state index contributed by atoms with van der Waals surface area (Å²) in [7, 11) is 0.